The van der Waals surface area contributed by atoms with Crippen LogP contribution in [0.15, 0.2) is 9.70 Å². The molecule has 0 saturated carbocycles. The Balaban J connectivity index is 2.10. The van der Waals surface area contributed by atoms with Gasteiger partial charge in [-0.25, -0.2) is 0 Å². The zero-order valence-electron chi connectivity index (χ0n) is 21.8. The molecule has 0 radical (unpaired) electrons. The first-order valence-corrected chi connectivity index (χ1v) is 13.9. The smallest absolute Gasteiger partial charge is 0.309 e. The topological polar surface area (TPSA) is 133 Å². The summed E-state index contributed by atoms with van der Waals surface area (Å²) in [7, 11) is 0. The number of unbranched alkanes of at least 4 members (excludes halogenated alkanes) is 1. The summed E-state index contributed by atoms with van der Waals surface area (Å²) in [5.41, 5.74) is 0.667. The van der Waals surface area contributed by atoms with Crippen LogP contribution in [0.2, 0.25) is 0 Å². The van der Waals surface area contributed by atoms with Crippen molar-refractivity contribution in [2.75, 3.05) is 31.1 Å². The lowest BCUT2D eigenvalue weighted by Crippen LogP contribution is -2.41. The van der Waals surface area contributed by atoms with Gasteiger partial charge in [0.2, 0.25) is 0 Å². The van der Waals surface area contributed by atoms with Crippen LogP contribution in [0.5, 0.6) is 0 Å². The number of thiocarbonyl (C=S) groups is 1. The number of esters is 1. The number of carbonyl (C=O) groups is 3. The van der Waals surface area contributed by atoms with Crippen molar-refractivity contribution < 1.29 is 24.2 Å². The van der Waals surface area contributed by atoms with Gasteiger partial charge in [0, 0.05) is 31.7 Å². The molecule has 2 aliphatic heterocycles. The number of nitriles is 1. The number of carbonyl (C=O) groups excluding carboxylic acids is 2. The van der Waals surface area contributed by atoms with Crippen LogP contribution in [0.3, 0.4) is 0 Å². The molecule has 2 fully saturated rings. The summed E-state index contributed by atoms with van der Waals surface area (Å²) in [5, 5.41) is 18.9. The summed E-state index contributed by atoms with van der Waals surface area (Å²) in [6.07, 6.45) is 4.08. The summed E-state index contributed by atoms with van der Waals surface area (Å²) in [6, 6.07) is 2.04. The van der Waals surface area contributed by atoms with Gasteiger partial charge in [-0.2, -0.15) is 5.26 Å². The molecular weight excluding hydrogens is 528 g/mol. The molecule has 38 heavy (non-hydrogen) atoms. The standard InChI is InChI=1S/C26H32N4O6S2/c1-4-6-10-29-22(28-11-7-17(8-12-28)25(35)36-5-2)18(16(3)19(15-27)23(29)33)14-20-24(34)30(26(37)38-20)13-9-21(31)32/h14,17H,4-13H2,1-3H3,(H,31,32)/b20-14-. The van der Waals surface area contributed by atoms with E-state index in [0.717, 1.165) is 24.6 Å². The van der Waals surface area contributed by atoms with Gasteiger partial charge in [0.05, 0.1) is 23.9 Å². The Kier molecular flexibility index (Phi) is 10.1. The van der Waals surface area contributed by atoms with Crippen LogP contribution in [0.25, 0.3) is 6.08 Å². The number of rotatable bonds is 10. The molecule has 2 aliphatic rings. The number of anilines is 1. The third-order valence-electron chi connectivity index (χ3n) is 6.69. The van der Waals surface area contributed by atoms with Crippen molar-refractivity contribution in [1.29, 1.82) is 5.26 Å². The van der Waals surface area contributed by atoms with Crippen LogP contribution in [0.4, 0.5) is 5.82 Å². The zero-order valence-corrected chi connectivity index (χ0v) is 23.5. The summed E-state index contributed by atoms with van der Waals surface area (Å²) in [4.78, 5) is 53.5. The maximum atomic E-state index is 13.4. The molecule has 0 atom stereocenters. The van der Waals surface area contributed by atoms with E-state index >= 15 is 0 Å². The van der Waals surface area contributed by atoms with E-state index in [-0.39, 0.29) is 40.3 Å². The van der Waals surface area contributed by atoms with E-state index in [1.807, 2.05) is 17.9 Å². The number of hydrogen-bond donors (Lipinski definition) is 1. The lowest BCUT2D eigenvalue weighted by molar-refractivity contribution is -0.148. The number of aliphatic carboxylic acids is 1. The number of ether oxygens (including phenoxy) is 1. The molecule has 3 rings (SSSR count). The molecule has 0 bridgehead atoms. The highest BCUT2D eigenvalue weighted by Gasteiger charge is 2.34. The number of carboxylic acid groups (broad SMARTS) is 1. The molecule has 1 aromatic heterocycles. The number of amides is 1. The monoisotopic (exact) mass is 560 g/mol. The highest BCUT2D eigenvalue weighted by Crippen LogP contribution is 2.37. The van der Waals surface area contributed by atoms with Gasteiger partial charge in [-0.3, -0.25) is 28.6 Å². The Labute approximate surface area is 231 Å². The molecule has 204 valence electrons. The van der Waals surface area contributed by atoms with Crippen LogP contribution in [-0.2, 0) is 25.7 Å². The SMILES string of the molecule is CCCCn1c(N2CCC(C(=O)OCC)CC2)c(/C=C2\SC(=S)N(CCC(=O)O)C2=O)c(C)c(C#N)c1=O. The fourth-order valence-corrected chi connectivity index (χ4v) is 5.92. The minimum Gasteiger partial charge on any atom is -0.481 e. The molecule has 0 spiro atoms. The lowest BCUT2D eigenvalue weighted by Gasteiger charge is -2.35. The second kappa shape index (κ2) is 13.1. The lowest BCUT2D eigenvalue weighted by atomic mass is 9.95. The first kappa shape index (κ1) is 29.4. The van der Waals surface area contributed by atoms with Crippen molar-refractivity contribution in [3.05, 3.63) is 31.9 Å². The number of aromatic nitrogens is 1. The first-order chi connectivity index (χ1) is 18.1. The van der Waals surface area contributed by atoms with Crippen molar-refractivity contribution in [3.8, 4) is 6.07 Å². The maximum absolute atomic E-state index is 13.4. The maximum Gasteiger partial charge on any atom is 0.309 e. The van der Waals surface area contributed by atoms with E-state index in [1.54, 1.807) is 24.5 Å². The number of piperidine rings is 1. The van der Waals surface area contributed by atoms with Gasteiger partial charge in [0.1, 0.15) is 21.8 Å². The van der Waals surface area contributed by atoms with E-state index in [0.29, 0.717) is 60.9 Å². The van der Waals surface area contributed by atoms with Gasteiger partial charge in [-0.05, 0) is 44.7 Å². The largest absolute Gasteiger partial charge is 0.481 e. The average molecular weight is 561 g/mol. The van der Waals surface area contributed by atoms with Crippen molar-refractivity contribution >= 4 is 58.0 Å². The Morgan fingerprint density at radius 1 is 1.24 bits per heavy atom. The molecule has 1 aromatic rings. The van der Waals surface area contributed by atoms with Crippen LogP contribution in [0.1, 0.15) is 62.6 Å². The van der Waals surface area contributed by atoms with Gasteiger partial charge < -0.3 is 14.7 Å². The normalized spacial score (nSPS) is 17.3. The fraction of sp³-hybridized carbons (Fsp3) is 0.538. The molecule has 1 amide bonds. The fourth-order valence-electron chi connectivity index (χ4n) is 4.63. The van der Waals surface area contributed by atoms with Crippen LogP contribution in [-0.4, -0.2) is 63.0 Å². The quantitative estimate of drug-likeness (QED) is 0.258. The van der Waals surface area contributed by atoms with Gasteiger partial charge in [-0.15, -0.1) is 0 Å². The van der Waals surface area contributed by atoms with Gasteiger partial charge in [0.15, 0.2) is 0 Å². The second-order valence-corrected chi connectivity index (χ2v) is 10.8. The number of carboxylic acids is 1. The van der Waals surface area contributed by atoms with Crippen molar-refractivity contribution in [3.63, 3.8) is 0 Å². The number of hydrogen-bond acceptors (Lipinski definition) is 9. The predicted octanol–water partition coefficient (Wildman–Crippen LogP) is 3.28. The van der Waals surface area contributed by atoms with Gasteiger partial charge >= 0.3 is 11.9 Å². The van der Waals surface area contributed by atoms with Crippen LogP contribution < -0.4 is 10.5 Å². The average Bonchev–Trinajstić information content (AvgIpc) is 3.15. The minimum absolute atomic E-state index is 0.0128. The van der Waals surface area contributed by atoms with E-state index in [9.17, 15) is 24.4 Å². The summed E-state index contributed by atoms with van der Waals surface area (Å²) in [6.45, 7) is 7.16. The summed E-state index contributed by atoms with van der Waals surface area (Å²) in [5.74, 6) is -1.28. The van der Waals surface area contributed by atoms with Crippen LogP contribution in [0, 0.1) is 24.2 Å². The highest BCUT2D eigenvalue weighted by molar-refractivity contribution is 8.26. The molecule has 12 heteroatoms. The Morgan fingerprint density at radius 3 is 2.50 bits per heavy atom. The van der Waals surface area contributed by atoms with Gasteiger partial charge in [0.25, 0.3) is 11.5 Å². The number of nitrogens with zero attached hydrogens (tertiary/aromatic N) is 4. The molecule has 0 aliphatic carbocycles. The van der Waals surface area contributed by atoms with E-state index in [1.165, 1.54) is 4.90 Å². The number of pyridine rings is 1. The molecule has 0 unspecified atom stereocenters. The van der Waals surface area contributed by atoms with Gasteiger partial charge in [-0.1, -0.05) is 37.3 Å². The molecule has 2 saturated heterocycles. The zero-order chi connectivity index (χ0) is 28.0. The Morgan fingerprint density at radius 2 is 1.92 bits per heavy atom. The molecule has 0 aromatic carbocycles. The molecule has 3 heterocycles. The second-order valence-electron chi connectivity index (χ2n) is 9.15. The van der Waals surface area contributed by atoms with Crippen LogP contribution >= 0.6 is 24.0 Å². The third kappa shape index (κ3) is 6.27. The van der Waals surface area contributed by atoms with E-state index in [4.69, 9.17) is 22.1 Å². The van der Waals surface area contributed by atoms with E-state index in [2.05, 4.69) is 0 Å². The third-order valence-corrected chi connectivity index (χ3v) is 8.07. The molecule has 10 nitrogen and oxygen atoms in total. The first-order valence-electron chi connectivity index (χ1n) is 12.7. The number of thioether (sulfide) groups is 1. The predicted molar refractivity (Wildman–Crippen MR) is 149 cm³/mol. The van der Waals surface area contributed by atoms with Crippen molar-refractivity contribution in [2.24, 2.45) is 5.92 Å². The summed E-state index contributed by atoms with van der Waals surface area (Å²) >= 11 is 6.41. The highest BCUT2D eigenvalue weighted by atomic mass is 32.2. The summed E-state index contributed by atoms with van der Waals surface area (Å²) < 4.78 is 7.06. The van der Waals surface area contributed by atoms with Crippen molar-refractivity contribution in [1.82, 2.24) is 9.47 Å². The Hall–Kier alpha value is -3.17. The van der Waals surface area contributed by atoms with E-state index < -0.39 is 11.9 Å². The molecule has 1 N–H and O–H groups in total. The molecular formula is C26H32N4O6S2. The Bertz CT molecular complexity index is 1260. The minimum atomic E-state index is -1.03. The van der Waals surface area contributed by atoms with Crippen molar-refractivity contribution in [2.45, 2.75) is 59.4 Å².